The van der Waals surface area contributed by atoms with Crippen LogP contribution in [0.5, 0.6) is 0 Å². The fourth-order valence-electron chi connectivity index (χ4n) is 3.40. The molecule has 1 N–H and O–H groups in total. The number of nitrogens with one attached hydrogen (secondary N) is 1. The maximum Gasteiger partial charge on any atom is 0.251 e. The van der Waals surface area contributed by atoms with Crippen molar-refractivity contribution in [1.29, 1.82) is 0 Å². The predicted molar refractivity (Wildman–Crippen MR) is 119 cm³/mol. The Labute approximate surface area is 175 Å². The summed E-state index contributed by atoms with van der Waals surface area (Å²) >= 11 is 3.40. The van der Waals surface area contributed by atoms with Crippen LogP contribution in [0, 0.1) is 0 Å². The van der Waals surface area contributed by atoms with Crippen LogP contribution in [0.1, 0.15) is 55.2 Å². The number of aromatic nitrogens is 2. The molecular formula is C23H28BrN3O. The highest BCUT2D eigenvalue weighted by Crippen LogP contribution is 2.18. The van der Waals surface area contributed by atoms with Gasteiger partial charge in [-0.05, 0) is 49.6 Å². The summed E-state index contributed by atoms with van der Waals surface area (Å²) in [5, 5.41) is 3.01. The smallest absolute Gasteiger partial charge is 0.251 e. The number of amides is 1. The third kappa shape index (κ3) is 5.44. The van der Waals surface area contributed by atoms with Gasteiger partial charge in [0.25, 0.3) is 5.91 Å². The van der Waals surface area contributed by atoms with Gasteiger partial charge in [-0.25, -0.2) is 4.98 Å². The van der Waals surface area contributed by atoms with E-state index in [4.69, 9.17) is 4.98 Å². The van der Waals surface area contributed by atoms with Crippen LogP contribution < -0.4 is 5.32 Å². The lowest BCUT2D eigenvalue weighted by Crippen LogP contribution is -2.24. The van der Waals surface area contributed by atoms with E-state index in [0.29, 0.717) is 12.1 Å². The molecular weight excluding hydrogens is 414 g/mol. The molecule has 28 heavy (non-hydrogen) atoms. The molecule has 5 heteroatoms. The first-order chi connectivity index (χ1) is 13.7. The Balaban J connectivity index is 1.45. The van der Waals surface area contributed by atoms with E-state index in [1.807, 2.05) is 24.3 Å². The largest absolute Gasteiger partial charge is 0.352 e. The number of unbranched alkanes of at least 4 members (excludes halogenated alkanes) is 3. The third-order valence-electron chi connectivity index (χ3n) is 4.92. The SMILES string of the molecule is CCCCn1c(CCCCCNC(=O)c2cccc(Br)c2)nc2ccccc21. The van der Waals surface area contributed by atoms with Crippen molar-refractivity contribution in [1.82, 2.24) is 14.9 Å². The summed E-state index contributed by atoms with van der Waals surface area (Å²) in [7, 11) is 0. The van der Waals surface area contributed by atoms with Crippen LogP contribution in [0.25, 0.3) is 11.0 Å². The highest BCUT2D eigenvalue weighted by molar-refractivity contribution is 9.10. The molecule has 0 aliphatic heterocycles. The molecule has 0 saturated carbocycles. The number of nitrogens with zero attached hydrogens (tertiary/aromatic N) is 2. The zero-order valence-electron chi connectivity index (χ0n) is 16.5. The van der Waals surface area contributed by atoms with E-state index in [1.54, 1.807) is 0 Å². The van der Waals surface area contributed by atoms with Gasteiger partial charge in [0.15, 0.2) is 0 Å². The Bertz CT molecular complexity index is 919. The van der Waals surface area contributed by atoms with Gasteiger partial charge >= 0.3 is 0 Å². The van der Waals surface area contributed by atoms with Crippen LogP contribution in [0.15, 0.2) is 53.0 Å². The van der Waals surface area contributed by atoms with E-state index < -0.39 is 0 Å². The summed E-state index contributed by atoms with van der Waals surface area (Å²) in [6, 6.07) is 15.9. The lowest BCUT2D eigenvalue weighted by atomic mass is 10.1. The number of rotatable bonds is 10. The molecule has 3 aromatic rings. The number of para-hydroxylation sites is 2. The van der Waals surface area contributed by atoms with Crippen molar-refractivity contribution in [3.63, 3.8) is 0 Å². The van der Waals surface area contributed by atoms with Gasteiger partial charge in [0.1, 0.15) is 5.82 Å². The van der Waals surface area contributed by atoms with Crippen LogP contribution in [-0.2, 0) is 13.0 Å². The number of benzene rings is 2. The molecule has 0 aliphatic carbocycles. The molecule has 1 heterocycles. The topological polar surface area (TPSA) is 46.9 Å². The third-order valence-corrected chi connectivity index (χ3v) is 5.41. The van der Waals surface area contributed by atoms with E-state index in [9.17, 15) is 4.79 Å². The fourth-order valence-corrected chi connectivity index (χ4v) is 3.80. The van der Waals surface area contributed by atoms with Crippen molar-refractivity contribution in [3.05, 3.63) is 64.4 Å². The highest BCUT2D eigenvalue weighted by atomic mass is 79.9. The van der Waals surface area contributed by atoms with Crippen LogP contribution in [0.2, 0.25) is 0 Å². The molecule has 4 nitrogen and oxygen atoms in total. The van der Waals surface area contributed by atoms with Crippen molar-refractivity contribution in [2.24, 2.45) is 0 Å². The second-order valence-electron chi connectivity index (χ2n) is 7.10. The Morgan fingerprint density at radius 3 is 2.75 bits per heavy atom. The first kappa shape index (κ1) is 20.6. The van der Waals surface area contributed by atoms with Crippen LogP contribution in [0.4, 0.5) is 0 Å². The van der Waals surface area contributed by atoms with Crippen LogP contribution >= 0.6 is 15.9 Å². The number of carbonyl (C=O) groups excluding carboxylic acids is 1. The molecule has 0 unspecified atom stereocenters. The van der Waals surface area contributed by atoms with Crippen molar-refractivity contribution in [2.45, 2.75) is 52.0 Å². The summed E-state index contributed by atoms with van der Waals surface area (Å²) in [6.45, 7) is 3.97. The minimum absolute atomic E-state index is 0.0114. The molecule has 0 aliphatic rings. The highest BCUT2D eigenvalue weighted by Gasteiger charge is 2.10. The minimum atomic E-state index is -0.0114. The van der Waals surface area contributed by atoms with Gasteiger partial charge in [0, 0.05) is 29.5 Å². The molecule has 0 fully saturated rings. The number of halogens is 1. The zero-order valence-corrected chi connectivity index (χ0v) is 18.0. The average molecular weight is 442 g/mol. The van der Waals surface area contributed by atoms with Gasteiger partial charge in [-0.2, -0.15) is 0 Å². The molecule has 0 spiro atoms. The number of aryl methyl sites for hydroxylation is 2. The van der Waals surface area contributed by atoms with E-state index in [1.165, 1.54) is 24.2 Å². The number of hydrogen-bond donors (Lipinski definition) is 1. The number of fused-ring (bicyclic) bond motifs is 1. The second-order valence-corrected chi connectivity index (χ2v) is 8.01. The van der Waals surface area contributed by atoms with E-state index >= 15 is 0 Å². The van der Waals surface area contributed by atoms with Gasteiger partial charge in [0.2, 0.25) is 0 Å². The number of carbonyl (C=O) groups is 1. The van der Waals surface area contributed by atoms with Crippen molar-refractivity contribution in [2.75, 3.05) is 6.54 Å². The monoisotopic (exact) mass is 441 g/mol. The summed E-state index contributed by atoms with van der Waals surface area (Å²) in [6.07, 6.45) is 6.49. The van der Waals surface area contributed by atoms with Crippen LogP contribution in [-0.4, -0.2) is 22.0 Å². The summed E-state index contributed by atoms with van der Waals surface area (Å²) in [5.41, 5.74) is 3.03. The lowest BCUT2D eigenvalue weighted by molar-refractivity contribution is 0.0953. The van der Waals surface area contributed by atoms with Crippen molar-refractivity contribution < 1.29 is 4.79 Å². The molecule has 1 aromatic heterocycles. The molecule has 148 valence electrons. The van der Waals surface area contributed by atoms with E-state index in [-0.39, 0.29) is 5.91 Å². The Hall–Kier alpha value is -2.14. The van der Waals surface area contributed by atoms with Gasteiger partial charge in [-0.3, -0.25) is 4.79 Å². The molecule has 0 atom stereocenters. The van der Waals surface area contributed by atoms with Gasteiger partial charge in [-0.15, -0.1) is 0 Å². The van der Waals surface area contributed by atoms with Crippen molar-refractivity contribution in [3.8, 4) is 0 Å². The molecule has 0 bridgehead atoms. The van der Waals surface area contributed by atoms with Crippen LogP contribution in [0.3, 0.4) is 0 Å². The summed E-state index contributed by atoms with van der Waals surface area (Å²) in [5.74, 6) is 1.18. The quantitative estimate of drug-likeness (QED) is 0.407. The second kappa shape index (κ2) is 10.4. The lowest BCUT2D eigenvalue weighted by Gasteiger charge is -2.09. The predicted octanol–water partition coefficient (Wildman–Crippen LogP) is 5.74. The van der Waals surface area contributed by atoms with Gasteiger partial charge < -0.3 is 9.88 Å². The Kier molecular flexibility index (Phi) is 7.66. The molecule has 1 amide bonds. The van der Waals surface area contributed by atoms with E-state index in [2.05, 4.69) is 57.0 Å². The Morgan fingerprint density at radius 2 is 1.93 bits per heavy atom. The standard InChI is InChI=1S/C23H28BrN3O/c1-2-3-16-27-21-13-7-6-12-20(21)26-22(27)14-5-4-8-15-25-23(28)18-10-9-11-19(24)17-18/h6-7,9-13,17H,2-5,8,14-16H2,1H3,(H,25,28). The average Bonchev–Trinajstić information content (AvgIpc) is 3.06. The van der Waals surface area contributed by atoms with Gasteiger partial charge in [-0.1, -0.05) is 53.9 Å². The first-order valence-electron chi connectivity index (χ1n) is 10.2. The van der Waals surface area contributed by atoms with E-state index in [0.717, 1.165) is 42.2 Å². The summed E-state index contributed by atoms with van der Waals surface area (Å²) in [4.78, 5) is 17.0. The normalized spacial score (nSPS) is 11.1. The molecule has 0 radical (unpaired) electrons. The minimum Gasteiger partial charge on any atom is -0.352 e. The molecule has 3 rings (SSSR count). The number of hydrogen-bond acceptors (Lipinski definition) is 2. The fraction of sp³-hybridized carbons (Fsp3) is 0.391. The maximum atomic E-state index is 12.2. The Morgan fingerprint density at radius 1 is 1.07 bits per heavy atom. The zero-order chi connectivity index (χ0) is 19.8. The first-order valence-corrected chi connectivity index (χ1v) is 11.0. The van der Waals surface area contributed by atoms with Gasteiger partial charge in [0.05, 0.1) is 11.0 Å². The number of imidazole rings is 1. The molecule has 2 aromatic carbocycles. The maximum absolute atomic E-state index is 12.2. The van der Waals surface area contributed by atoms with Crippen molar-refractivity contribution >= 4 is 32.9 Å². The molecule has 0 saturated heterocycles. The summed E-state index contributed by atoms with van der Waals surface area (Å²) < 4.78 is 3.31.